The minimum absolute atomic E-state index is 0.0322. The first-order valence-electron chi connectivity index (χ1n) is 7.43. The Hall–Kier alpha value is -2.62. The van der Waals surface area contributed by atoms with Gasteiger partial charge in [-0.1, -0.05) is 18.2 Å². The Labute approximate surface area is 143 Å². The van der Waals surface area contributed by atoms with Crippen LogP contribution in [0.15, 0.2) is 42.6 Å². The van der Waals surface area contributed by atoms with E-state index < -0.39 is 23.5 Å². The van der Waals surface area contributed by atoms with E-state index in [0.29, 0.717) is 0 Å². The Morgan fingerprint density at radius 3 is 2.27 bits per heavy atom. The van der Waals surface area contributed by atoms with Crippen LogP contribution >= 0.6 is 0 Å². The van der Waals surface area contributed by atoms with Gasteiger partial charge in [0.1, 0.15) is 0 Å². The summed E-state index contributed by atoms with van der Waals surface area (Å²) in [7, 11) is 0. The van der Waals surface area contributed by atoms with Gasteiger partial charge in [0.05, 0.1) is 17.7 Å². The zero-order valence-corrected chi connectivity index (χ0v) is 13.1. The summed E-state index contributed by atoms with van der Waals surface area (Å²) in [6, 6.07) is 7.14. The largest absolute Gasteiger partial charge is 0.417 e. The van der Waals surface area contributed by atoms with Crippen LogP contribution in [0.2, 0.25) is 0 Å². The highest BCUT2D eigenvalue weighted by molar-refractivity contribution is 5.40. The summed E-state index contributed by atoms with van der Waals surface area (Å²) in [5.74, 6) is 0.163. The first-order chi connectivity index (χ1) is 12.2. The molecule has 1 N–H and O–H groups in total. The van der Waals surface area contributed by atoms with E-state index in [1.165, 1.54) is 24.3 Å². The minimum Gasteiger partial charge on any atom is -0.306 e. The topological polar surface area (TPSA) is 42.2 Å². The van der Waals surface area contributed by atoms with Crippen molar-refractivity contribution >= 4 is 5.65 Å². The molecule has 0 fully saturated rings. The van der Waals surface area contributed by atoms with E-state index in [0.717, 1.165) is 22.7 Å². The van der Waals surface area contributed by atoms with Crippen molar-refractivity contribution in [2.75, 3.05) is 0 Å². The molecule has 26 heavy (non-hydrogen) atoms. The number of pyridine rings is 1. The lowest BCUT2D eigenvalue weighted by Crippen LogP contribution is -2.18. The van der Waals surface area contributed by atoms with Gasteiger partial charge in [-0.15, -0.1) is 10.2 Å². The molecule has 3 aromatic rings. The molecule has 0 aliphatic heterocycles. The van der Waals surface area contributed by atoms with E-state index in [1.807, 2.05) is 0 Å². The smallest absolute Gasteiger partial charge is 0.306 e. The molecule has 0 aliphatic rings. The fourth-order valence-electron chi connectivity index (χ4n) is 2.49. The molecule has 3 rings (SSSR count). The fourth-order valence-corrected chi connectivity index (χ4v) is 2.49. The van der Waals surface area contributed by atoms with Gasteiger partial charge in [-0.3, -0.25) is 4.40 Å². The van der Waals surface area contributed by atoms with Crippen molar-refractivity contribution < 1.29 is 26.3 Å². The number of aromatic nitrogens is 3. The van der Waals surface area contributed by atoms with Crippen LogP contribution < -0.4 is 5.32 Å². The quantitative estimate of drug-likeness (QED) is 0.701. The molecule has 0 bridgehead atoms. The van der Waals surface area contributed by atoms with Crippen LogP contribution in [0.5, 0.6) is 0 Å². The molecule has 0 saturated heterocycles. The van der Waals surface area contributed by atoms with Crippen molar-refractivity contribution in [2.45, 2.75) is 25.4 Å². The fraction of sp³-hybridized carbons (Fsp3) is 0.250. The van der Waals surface area contributed by atoms with E-state index in [4.69, 9.17) is 0 Å². The van der Waals surface area contributed by atoms with Gasteiger partial charge in [0.2, 0.25) is 0 Å². The maximum absolute atomic E-state index is 13.0. The Balaban J connectivity index is 1.77. The molecular weight excluding hydrogens is 362 g/mol. The van der Waals surface area contributed by atoms with E-state index in [9.17, 15) is 26.3 Å². The van der Waals surface area contributed by atoms with Crippen molar-refractivity contribution in [2.24, 2.45) is 0 Å². The number of alkyl halides is 6. The van der Waals surface area contributed by atoms with Gasteiger partial charge in [-0.25, -0.2) is 0 Å². The number of halogens is 6. The van der Waals surface area contributed by atoms with Crippen LogP contribution in [0.1, 0.15) is 22.5 Å². The van der Waals surface area contributed by atoms with Crippen molar-refractivity contribution in [1.82, 2.24) is 19.9 Å². The van der Waals surface area contributed by atoms with Crippen LogP contribution in [0, 0.1) is 0 Å². The monoisotopic (exact) mass is 374 g/mol. The number of hydrogen-bond donors (Lipinski definition) is 1. The molecule has 4 nitrogen and oxygen atoms in total. The highest BCUT2D eigenvalue weighted by atomic mass is 19.4. The van der Waals surface area contributed by atoms with Crippen molar-refractivity contribution in [3.63, 3.8) is 0 Å². The Bertz CT molecular complexity index is 913. The Kier molecular flexibility index (Phi) is 4.61. The number of hydrogen-bond acceptors (Lipinski definition) is 3. The van der Waals surface area contributed by atoms with Crippen LogP contribution in [-0.2, 0) is 25.4 Å². The maximum Gasteiger partial charge on any atom is 0.417 e. The predicted molar refractivity (Wildman–Crippen MR) is 80.0 cm³/mol. The summed E-state index contributed by atoms with van der Waals surface area (Å²) < 4.78 is 78.4. The average molecular weight is 374 g/mol. The molecule has 0 aliphatic carbocycles. The van der Waals surface area contributed by atoms with Crippen LogP contribution in [0.4, 0.5) is 26.3 Å². The first-order valence-corrected chi connectivity index (χ1v) is 7.43. The second-order valence-corrected chi connectivity index (χ2v) is 5.52. The SMILES string of the molecule is FC(F)(F)c1ccc2nnc(CNCc3ccccc3C(F)(F)F)n2c1. The van der Waals surface area contributed by atoms with E-state index in [2.05, 4.69) is 15.5 Å². The summed E-state index contributed by atoms with van der Waals surface area (Å²) >= 11 is 0. The minimum atomic E-state index is -4.52. The summed E-state index contributed by atoms with van der Waals surface area (Å²) in [5, 5.41) is 10.3. The highest BCUT2D eigenvalue weighted by Gasteiger charge is 2.33. The Morgan fingerprint density at radius 2 is 1.58 bits per heavy atom. The lowest BCUT2D eigenvalue weighted by Gasteiger charge is -2.13. The van der Waals surface area contributed by atoms with Crippen LogP contribution in [0.25, 0.3) is 5.65 Å². The highest BCUT2D eigenvalue weighted by Crippen LogP contribution is 2.32. The third-order valence-electron chi connectivity index (χ3n) is 3.72. The van der Waals surface area contributed by atoms with Gasteiger partial charge in [-0.05, 0) is 23.8 Å². The zero-order chi connectivity index (χ0) is 18.9. The van der Waals surface area contributed by atoms with Crippen LogP contribution in [-0.4, -0.2) is 14.6 Å². The van der Waals surface area contributed by atoms with Crippen molar-refractivity contribution in [1.29, 1.82) is 0 Å². The number of nitrogens with one attached hydrogen (secondary N) is 1. The van der Waals surface area contributed by atoms with E-state index in [-0.39, 0.29) is 30.1 Å². The standard InChI is InChI=1S/C16H12F6N4/c17-15(18,19)11-5-6-13-24-25-14(26(13)9-11)8-23-7-10-3-1-2-4-12(10)16(20,21)22/h1-6,9,23H,7-8H2. The lowest BCUT2D eigenvalue weighted by molar-refractivity contribution is -0.138. The van der Waals surface area contributed by atoms with Gasteiger partial charge in [0, 0.05) is 12.7 Å². The predicted octanol–water partition coefficient (Wildman–Crippen LogP) is 4.06. The van der Waals surface area contributed by atoms with E-state index in [1.54, 1.807) is 0 Å². The zero-order valence-electron chi connectivity index (χ0n) is 13.1. The summed E-state index contributed by atoms with van der Waals surface area (Å²) in [6.07, 6.45) is -8.15. The molecule has 0 unspecified atom stereocenters. The van der Waals surface area contributed by atoms with Gasteiger partial charge < -0.3 is 5.32 Å². The molecule has 0 atom stereocenters. The van der Waals surface area contributed by atoms with Gasteiger partial charge in [-0.2, -0.15) is 26.3 Å². The maximum atomic E-state index is 13.0. The molecule has 10 heteroatoms. The molecule has 1 aromatic carbocycles. The van der Waals surface area contributed by atoms with E-state index >= 15 is 0 Å². The lowest BCUT2D eigenvalue weighted by atomic mass is 10.1. The van der Waals surface area contributed by atoms with Gasteiger partial charge >= 0.3 is 12.4 Å². The first kappa shape index (κ1) is 18.2. The molecule has 0 radical (unpaired) electrons. The second-order valence-electron chi connectivity index (χ2n) is 5.52. The number of benzene rings is 1. The van der Waals surface area contributed by atoms with Gasteiger partial charge in [0.25, 0.3) is 0 Å². The third-order valence-corrected chi connectivity index (χ3v) is 3.72. The number of rotatable bonds is 4. The molecule has 2 heterocycles. The summed E-state index contributed by atoms with van der Waals surface area (Å²) in [5.41, 5.74) is -1.39. The molecular formula is C16H12F6N4. The molecule has 0 spiro atoms. The molecule has 0 amide bonds. The molecule has 138 valence electrons. The summed E-state index contributed by atoms with van der Waals surface area (Å²) in [4.78, 5) is 0. The number of nitrogens with zero attached hydrogens (tertiary/aromatic N) is 3. The average Bonchev–Trinajstić information content (AvgIpc) is 2.96. The van der Waals surface area contributed by atoms with Crippen LogP contribution in [0.3, 0.4) is 0 Å². The molecule has 0 saturated carbocycles. The second kappa shape index (κ2) is 6.60. The Morgan fingerprint density at radius 1 is 0.846 bits per heavy atom. The third kappa shape index (κ3) is 3.79. The summed E-state index contributed by atoms with van der Waals surface area (Å²) in [6.45, 7) is -0.168. The number of fused-ring (bicyclic) bond motifs is 1. The normalized spacial score (nSPS) is 12.7. The molecule has 2 aromatic heterocycles. The van der Waals surface area contributed by atoms with Crippen molar-refractivity contribution in [3.8, 4) is 0 Å². The van der Waals surface area contributed by atoms with Crippen molar-refractivity contribution in [3.05, 3.63) is 65.1 Å². The van der Waals surface area contributed by atoms with Gasteiger partial charge in [0.15, 0.2) is 11.5 Å².